The van der Waals surface area contributed by atoms with Gasteiger partial charge in [0.1, 0.15) is 5.82 Å². The van der Waals surface area contributed by atoms with Crippen molar-refractivity contribution >= 4 is 31.5 Å². The summed E-state index contributed by atoms with van der Waals surface area (Å²) in [5.41, 5.74) is 3.33. The van der Waals surface area contributed by atoms with Gasteiger partial charge >= 0.3 is 0 Å². The van der Waals surface area contributed by atoms with Crippen molar-refractivity contribution in [3.63, 3.8) is 0 Å². The molecule has 0 amide bonds. The molecule has 3 heteroatoms. The second-order valence-corrected chi connectivity index (χ2v) is 8.10. The Balaban J connectivity index is 2.01. The molecule has 0 fully saturated rings. The van der Waals surface area contributed by atoms with Gasteiger partial charge in [-0.3, -0.25) is 4.98 Å². The number of aromatic nitrogens is 1. The number of thiophene rings is 1. The van der Waals surface area contributed by atoms with Crippen LogP contribution in [0.4, 0.5) is 4.39 Å². The molecule has 120 valence electrons. The molecular weight excluding hydrogens is 317 g/mol. The van der Waals surface area contributed by atoms with Gasteiger partial charge in [-0.2, -0.15) is 0 Å². The molecule has 0 aliphatic heterocycles. The van der Waals surface area contributed by atoms with Crippen LogP contribution >= 0.6 is 11.3 Å². The van der Waals surface area contributed by atoms with Crippen molar-refractivity contribution in [2.75, 3.05) is 0 Å². The van der Waals surface area contributed by atoms with E-state index in [4.69, 9.17) is 0 Å². The lowest BCUT2D eigenvalue weighted by molar-refractivity contribution is 0.589. The maximum Gasteiger partial charge on any atom is 0.141 e. The molecule has 2 aromatic carbocycles. The molecule has 0 unspecified atom stereocenters. The minimum Gasteiger partial charge on any atom is -0.256 e. The minimum atomic E-state index is -0.156. The van der Waals surface area contributed by atoms with E-state index in [1.165, 1.54) is 23.0 Å². The normalized spacial score (nSPS) is 12.2. The van der Waals surface area contributed by atoms with Crippen LogP contribution in [0.5, 0.6) is 0 Å². The van der Waals surface area contributed by atoms with E-state index in [9.17, 15) is 4.39 Å². The molecule has 0 spiro atoms. The Hall–Kier alpha value is -2.26. The first kappa shape index (κ1) is 15.3. The van der Waals surface area contributed by atoms with Gasteiger partial charge in [0.15, 0.2) is 0 Å². The fourth-order valence-corrected chi connectivity index (χ4v) is 4.26. The summed E-state index contributed by atoms with van der Waals surface area (Å²) < 4.78 is 16.0. The van der Waals surface area contributed by atoms with Crippen molar-refractivity contribution in [2.45, 2.75) is 26.2 Å². The van der Waals surface area contributed by atoms with E-state index in [1.807, 2.05) is 18.3 Å². The van der Waals surface area contributed by atoms with Gasteiger partial charge in [-0.05, 0) is 29.2 Å². The van der Waals surface area contributed by atoms with E-state index < -0.39 is 0 Å². The molecule has 0 radical (unpaired) electrons. The molecule has 2 heterocycles. The van der Waals surface area contributed by atoms with Gasteiger partial charge in [-0.1, -0.05) is 51.1 Å². The highest BCUT2D eigenvalue weighted by Crippen LogP contribution is 2.40. The van der Waals surface area contributed by atoms with Gasteiger partial charge in [0.05, 0.1) is 10.4 Å². The first-order valence-corrected chi connectivity index (χ1v) is 8.83. The first-order chi connectivity index (χ1) is 11.4. The van der Waals surface area contributed by atoms with Crippen LogP contribution in [0.2, 0.25) is 0 Å². The maximum atomic E-state index is 14.2. The van der Waals surface area contributed by atoms with Crippen molar-refractivity contribution < 1.29 is 4.39 Å². The highest BCUT2D eigenvalue weighted by molar-refractivity contribution is 7.26. The van der Waals surface area contributed by atoms with E-state index >= 15 is 0 Å². The van der Waals surface area contributed by atoms with Crippen molar-refractivity contribution in [3.8, 4) is 11.3 Å². The van der Waals surface area contributed by atoms with Gasteiger partial charge in [0, 0.05) is 27.2 Å². The SMILES string of the molecule is CC(C)(C)c1ccnc(-c2cccc3c2sc2c(F)cccc23)c1. The second kappa shape index (κ2) is 5.38. The van der Waals surface area contributed by atoms with E-state index in [0.717, 1.165) is 26.7 Å². The molecule has 1 nitrogen and oxygen atoms in total. The number of benzene rings is 2. The van der Waals surface area contributed by atoms with E-state index in [2.05, 4.69) is 50.0 Å². The predicted molar refractivity (Wildman–Crippen MR) is 101 cm³/mol. The van der Waals surface area contributed by atoms with Crippen LogP contribution in [0.25, 0.3) is 31.4 Å². The van der Waals surface area contributed by atoms with Crippen LogP contribution in [0.3, 0.4) is 0 Å². The quantitative estimate of drug-likeness (QED) is 0.384. The Morgan fingerprint density at radius 2 is 1.62 bits per heavy atom. The molecule has 0 bridgehead atoms. The fourth-order valence-electron chi connectivity index (χ4n) is 3.03. The standard InChI is InChI=1S/C21H18FNS/c1-21(2,3)13-10-11-23-18(12-13)16-8-4-6-14-15-7-5-9-17(22)20(15)24-19(14)16/h4-12H,1-3H3. The Morgan fingerprint density at radius 3 is 2.38 bits per heavy atom. The average Bonchev–Trinajstić information content (AvgIpc) is 2.94. The van der Waals surface area contributed by atoms with Gasteiger partial charge in [0.25, 0.3) is 0 Å². The van der Waals surface area contributed by atoms with E-state index in [-0.39, 0.29) is 11.2 Å². The van der Waals surface area contributed by atoms with Crippen LogP contribution in [0.1, 0.15) is 26.3 Å². The zero-order chi connectivity index (χ0) is 16.9. The number of hydrogen-bond acceptors (Lipinski definition) is 2. The lowest BCUT2D eigenvalue weighted by Crippen LogP contribution is -2.11. The molecule has 0 N–H and O–H groups in total. The van der Waals surface area contributed by atoms with Gasteiger partial charge in [-0.15, -0.1) is 11.3 Å². The molecule has 24 heavy (non-hydrogen) atoms. The summed E-state index contributed by atoms with van der Waals surface area (Å²) in [6.45, 7) is 6.59. The van der Waals surface area contributed by atoms with Crippen molar-refractivity contribution in [1.82, 2.24) is 4.98 Å². The van der Waals surface area contributed by atoms with Crippen LogP contribution in [-0.2, 0) is 5.41 Å². The molecule has 0 saturated carbocycles. The summed E-state index contributed by atoms with van der Waals surface area (Å²) in [7, 11) is 0. The molecule has 4 aromatic rings. The second-order valence-electron chi connectivity index (χ2n) is 7.08. The Bertz CT molecular complexity index is 1060. The zero-order valence-corrected chi connectivity index (χ0v) is 14.7. The third-order valence-electron chi connectivity index (χ3n) is 4.38. The molecular formula is C21H18FNS. The first-order valence-electron chi connectivity index (χ1n) is 8.02. The smallest absolute Gasteiger partial charge is 0.141 e. The molecule has 0 aliphatic carbocycles. The summed E-state index contributed by atoms with van der Waals surface area (Å²) in [6, 6.07) is 15.7. The lowest BCUT2D eigenvalue weighted by Gasteiger charge is -2.19. The minimum absolute atomic E-state index is 0.0673. The highest BCUT2D eigenvalue weighted by atomic mass is 32.1. The predicted octanol–water partition coefficient (Wildman–Crippen LogP) is 6.55. The van der Waals surface area contributed by atoms with Gasteiger partial charge in [-0.25, -0.2) is 4.39 Å². The molecule has 4 rings (SSSR count). The van der Waals surface area contributed by atoms with Crippen molar-refractivity contribution in [2.24, 2.45) is 0 Å². The van der Waals surface area contributed by atoms with E-state index in [0.29, 0.717) is 4.70 Å². The largest absolute Gasteiger partial charge is 0.256 e. The zero-order valence-electron chi connectivity index (χ0n) is 13.9. The molecule has 0 saturated heterocycles. The monoisotopic (exact) mass is 335 g/mol. The molecule has 2 aromatic heterocycles. The Labute approximate surface area is 144 Å². The van der Waals surface area contributed by atoms with Gasteiger partial charge < -0.3 is 0 Å². The number of hydrogen-bond donors (Lipinski definition) is 0. The summed E-state index contributed by atoms with van der Waals surface area (Å²) in [4.78, 5) is 4.58. The fraction of sp³-hybridized carbons (Fsp3) is 0.190. The molecule has 0 atom stereocenters. The number of pyridine rings is 1. The Kier molecular flexibility index (Phi) is 3.43. The Morgan fingerprint density at radius 1 is 0.917 bits per heavy atom. The highest BCUT2D eigenvalue weighted by Gasteiger charge is 2.17. The van der Waals surface area contributed by atoms with E-state index in [1.54, 1.807) is 6.07 Å². The van der Waals surface area contributed by atoms with Crippen LogP contribution < -0.4 is 0 Å². The summed E-state index contributed by atoms with van der Waals surface area (Å²) in [5.74, 6) is -0.156. The third-order valence-corrected chi connectivity index (χ3v) is 5.64. The lowest BCUT2D eigenvalue weighted by atomic mass is 9.87. The third kappa shape index (κ3) is 2.40. The van der Waals surface area contributed by atoms with Crippen molar-refractivity contribution in [1.29, 1.82) is 0 Å². The number of fused-ring (bicyclic) bond motifs is 3. The number of rotatable bonds is 1. The summed E-state index contributed by atoms with van der Waals surface area (Å²) >= 11 is 1.51. The number of nitrogens with zero attached hydrogens (tertiary/aromatic N) is 1. The average molecular weight is 335 g/mol. The van der Waals surface area contributed by atoms with Crippen molar-refractivity contribution in [3.05, 3.63) is 66.1 Å². The van der Waals surface area contributed by atoms with Crippen LogP contribution in [0, 0.1) is 5.82 Å². The van der Waals surface area contributed by atoms with Crippen LogP contribution in [0.15, 0.2) is 54.7 Å². The maximum absolute atomic E-state index is 14.2. The number of halogens is 1. The van der Waals surface area contributed by atoms with Crippen LogP contribution in [-0.4, -0.2) is 4.98 Å². The van der Waals surface area contributed by atoms with Gasteiger partial charge in [0.2, 0.25) is 0 Å². The summed E-state index contributed by atoms with van der Waals surface area (Å²) in [5, 5.41) is 2.07. The summed E-state index contributed by atoms with van der Waals surface area (Å²) in [6.07, 6.45) is 1.86. The topological polar surface area (TPSA) is 12.9 Å². The molecule has 0 aliphatic rings.